The topological polar surface area (TPSA) is 49.3 Å². The van der Waals surface area contributed by atoms with Gasteiger partial charge in [-0.25, -0.2) is 8.78 Å². The molecule has 6 heteroatoms. The molecule has 0 aliphatic carbocycles. The highest BCUT2D eigenvalue weighted by Gasteiger charge is 2.14. The average molecular weight is 284 g/mol. The second-order valence-corrected chi connectivity index (χ2v) is 4.15. The van der Waals surface area contributed by atoms with Crippen molar-refractivity contribution in [3.05, 3.63) is 58.6 Å². The predicted octanol–water partition coefficient (Wildman–Crippen LogP) is 3.58. The number of amides is 1. The molecule has 1 amide bonds. The molecule has 0 unspecified atom stereocenters. The number of nitrogens with one attached hydrogen (secondary N) is 1. The zero-order chi connectivity index (χ0) is 14.0. The lowest BCUT2D eigenvalue weighted by Gasteiger charge is -2.08. The van der Waals surface area contributed by atoms with Crippen LogP contribution >= 0.6 is 11.6 Å². The second kappa shape index (κ2) is 5.24. The van der Waals surface area contributed by atoms with Crippen LogP contribution in [0, 0.1) is 11.6 Å². The summed E-state index contributed by atoms with van der Waals surface area (Å²) in [5, 5.41) is 11.6. The number of anilines is 1. The molecule has 98 valence electrons. The summed E-state index contributed by atoms with van der Waals surface area (Å²) >= 11 is 5.79. The lowest BCUT2D eigenvalue weighted by molar-refractivity contribution is 0.102. The second-order valence-electron chi connectivity index (χ2n) is 3.74. The molecule has 0 spiro atoms. The lowest BCUT2D eigenvalue weighted by Crippen LogP contribution is -2.13. The number of hydrogen-bond acceptors (Lipinski definition) is 2. The van der Waals surface area contributed by atoms with Gasteiger partial charge < -0.3 is 10.4 Å². The van der Waals surface area contributed by atoms with Gasteiger partial charge in [-0.2, -0.15) is 0 Å². The Hall–Kier alpha value is -2.14. The van der Waals surface area contributed by atoms with E-state index in [1.165, 1.54) is 12.1 Å². The molecule has 19 heavy (non-hydrogen) atoms. The maximum absolute atomic E-state index is 13.4. The molecule has 0 heterocycles. The molecule has 0 saturated heterocycles. The first-order chi connectivity index (χ1) is 8.97. The van der Waals surface area contributed by atoms with Crippen LogP contribution in [0.2, 0.25) is 5.02 Å². The number of aromatic hydroxyl groups is 1. The molecule has 0 aliphatic rings. The van der Waals surface area contributed by atoms with Crippen LogP contribution in [-0.2, 0) is 0 Å². The Bertz CT molecular complexity index is 647. The number of phenolic OH excluding ortho intramolecular Hbond substituents is 1. The van der Waals surface area contributed by atoms with Crippen LogP contribution in [0.4, 0.5) is 14.5 Å². The van der Waals surface area contributed by atoms with Gasteiger partial charge in [-0.3, -0.25) is 4.79 Å². The Labute approximate surface area is 112 Å². The normalized spacial score (nSPS) is 10.3. The van der Waals surface area contributed by atoms with Crippen LogP contribution in [0.15, 0.2) is 36.4 Å². The van der Waals surface area contributed by atoms with Gasteiger partial charge in [-0.1, -0.05) is 11.6 Å². The monoisotopic (exact) mass is 283 g/mol. The van der Waals surface area contributed by atoms with Gasteiger partial charge in [0.25, 0.3) is 5.91 Å². The summed E-state index contributed by atoms with van der Waals surface area (Å²) in [7, 11) is 0. The number of benzene rings is 2. The SMILES string of the molecule is O=C(Nc1cc(F)ccc1F)c1cc(O)ccc1Cl. The van der Waals surface area contributed by atoms with Crippen molar-refractivity contribution in [3.63, 3.8) is 0 Å². The largest absolute Gasteiger partial charge is 0.508 e. The van der Waals surface area contributed by atoms with Gasteiger partial charge in [0.15, 0.2) is 0 Å². The summed E-state index contributed by atoms with van der Waals surface area (Å²) in [5.74, 6) is -2.36. The van der Waals surface area contributed by atoms with Crippen molar-refractivity contribution in [1.29, 1.82) is 0 Å². The summed E-state index contributed by atoms with van der Waals surface area (Å²) in [5.41, 5.74) is -0.338. The maximum atomic E-state index is 13.4. The standard InChI is InChI=1S/C13H8ClF2NO2/c14-10-3-2-8(18)6-9(10)13(19)17-12-5-7(15)1-4-11(12)16/h1-6,18H,(H,17,19). The maximum Gasteiger partial charge on any atom is 0.257 e. The van der Waals surface area contributed by atoms with E-state index in [0.29, 0.717) is 0 Å². The molecule has 3 nitrogen and oxygen atoms in total. The Morgan fingerprint density at radius 1 is 1.16 bits per heavy atom. The average Bonchev–Trinajstić information content (AvgIpc) is 2.36. The van der Waals surface area contributed by atoms with Gasteiger partial charge in [-0.05, 0) is 30.3 Å². The van der Waals surface area contributed by atoms with Crippen molar-refractivity contribution in [3.8, 4) is 5.75 Å². The molecule has 2 aromatic carbocycles. The van der Waals surface area contributed by atoms with Gasteiger partial charge in [0.1, 0.15) is 17.4 Å². The van der Waals surface area contributed by atoms with E-state index in [0.717, 1.165) is 24.3 Å². The third-order valence-electron chi connectivity index (χ3n) is 2.37. The van der Waals surface area contributed by atoms with E-state index >= 15 is 0 Å². The number of hydrogen-bond donors (Lipinski definition) is 2. The van der Waals surface area contributed by atoms with Crippen LogP contribution in [0.3, 0.4) is 0 Å². The fraction of sp³-hybridized carbons (Fsp3) is 0. The van der Waals surface area contributed by atoms with Crippen LogP contribution in [0.25, 0.3) is 0 Å². The number of carbonyl (C=O) groups is 1. The third-order valence-corrected chi connectivity index (χ3v) is 2.70. The van der Waals surface area contributed by atoms with Crippen molar-refractivity contribution in [2.24, 2.45) is 0 Å². The van der Waals surface area contributed by atoms with Gasteiger partial charge in [0.2, 0.25) is 0 Å². The Kier molecular flexibility index (Phi) is 3.66. The minimum absolute atomic E-state index is 0.0367. The van der Waals surface area contributed by atoms with Crippen molar-refractivity contribution in [1.82, 2.24) is 0 Å². The zero-order valence-electron chi connectivity index (χ0n) is 9.45. The molecular weight excluding hydrogens is 276 g/mol. The fourth-order valence-corrected chi connectivity index (χ4v) is 1.67. The summed E-state index contributed by atoms with van der Waals surface area (Å²) in [4.78, 5) is 11.9. The molecule has 2 aromatic rings. The van der Waals surface area contributed by atoms with E-state index in [1.54, 1.807) is 0 Å². The number of rotatable bonds is 2. The van der Waals surface area contributed by atoms with E-state index in [-0.39, 0.29) is 22.0 Å². The quantitative estimate of drug-likeness (QED) is 0.885. The van der Waals surface area contributed by atoms with Gasteiger partial charge in [0.05, 0.1) is 16.3 Å². The van der Waals surface area contributed by atoms with E-state index in [2.05, 4.69) is 5.32 Å². The van der Waals surface area contributed by atoms with Crippen molar-refractivity contribution < 1.29 is 18.7 Å². The summed E-state index contributed by atoms with van der Waals surface area (Å²) in [6.07, 6.45) is 0. The molecule has 0 fully saturated rings. The Morgan fingerprint density at radius 2 is 1.89 bits per heavy atom. The van der Waals surface area contributed by atoms with Crippen LogP contribution < -0.4 is 5.32 Å². The van der Waals surface area contributed by atoms with Gasteiger partial charge in [-0.15, -0.1) is 0 Å². The summed E-state index contributed by atoms with van der Waals surface area (Å²) in [6, 6.07) is 6.45. The highest BCUT2D eigenvalue weighted by molar-refractivity contribution is 6.34. The lowest BCUT2D eigenvalue weighted by atomic mass is 10.2. The van der Waals surface area contributed by atoms with Crippen molar-refractivity contribution in [2.45, 2.75) is 0 Å². The highest BCUT2D eigenvalue weighted by atomic mass is 35.5. The van der Waals surface area contributed by atoms with E-state index in [4.69, 9.17) is 11.6 Å². The molecule has 0 radical (unpaired) electrons. The predicted molar refractivity (Wildman–Crippen MR) is 67.4 cm³/mol. The third kappa shape index (κ3) is 3.00. The number of carbonyl (C=O) groups excluding carboxylic acids is 1. The van der Waals surface area contributed by atoms with E-state index in [9.17, 15) is 18.7 Å². The Morgan fingerprint density at radius 3 is 2.63 bits per heavy atom. The molecule has 0 saturated carbocycles. The first-order valence-electron chi connectivity index (χ1n) is 5.22. The summed E-state index contributed by atoms with van der Waals surface area (Å²) in [6.45, 7) is 0. The Balaban J connectivity index is 2.30. The van der Waals surface area contributed by atoms with Crippen LogP contribution in [0.1, 0.15) is 10.4 Å². The van der Waals surface area contributed by atoms with Crippen molar-refractivity contribution in [2.75, 3.05) is 5.32 Å². The molecule has 2 N–H and O–H groups in total. The van der Waals surface area contributed by atoms with Gasteiger partial charge >= 0.3 is 0 Å². The molecule has 0 bridgehead atoms. The van der Waals surface area contributed by atoms with E-state index < -0.39 is 17.5 Å². The first kappa shape index (κ1) is 13.3. The molecular formula is C13H8ClF2NO2. The van der Waals surface area contributed by atoms with Crippen LogP contribution in [-0.4, -0.2) is 11.0 Å². The number of phenols is 1. The number of halogens is 3. The summed E-state index contributed by atoms with van der Waals surface area (Å²) < 4.78 is 26.3. The molecule has 0 atom stereocenters. The minimum Gasteiger partial charge on any atom is -0.508 e. The minimum atomic E-state index is -0.772. The van der Waals surface area contributed by atoms with E-state index in [1.807, 2.05) is 0 Å². The zero-order valence-corrected chi connectivity index (χ0v) is 10.2. The fourth-order valence-electron chi connectivity index (χ4n) is 1.47. The van der Waals surface area contributed by atoms with Gasteiger partial charge in [0, 0.05) is 6.07 Å². The molecule has 0 aliphatic heterocycles. The smallest absolute Gasteiger partial charge is 0.257 e. The molecule has 2 rings (SSSR count). The van der Waals surface area contributed by atoms with Crippen LogP contribution in [0.5, 0.6) is 5.75 Å². The highest BCUT2D eigenvalue weighted by Crippen LogP contribution is 2.23. The van der Waals surface area contributed by atoms with Crippen molar-refractivity contribution >= 4 is 23.2 Å². The molecule has 0 aromatic heterocycles. The first-order valence-corrected chi connectivity index (χ1v) is 5.60.